The molecule has 2 N–H and O–H groups in total. The first-order valence-corrected chi connectivity index (χ1v) is 10.8. The number of halogens is 1. The van der Waals surface area contributed by atoms with Crippen molar-refractivity contribution in [2.24, 2.45) is 4.99 Å². The van der Waals surface area contributed by atoms with Crippen molar-refractivity contribution in [3.05, 3.63) is 59.7 Å². The lowest BCUT2D eigenvalue weighted by Crippen LogP contribution is -2.48. The molecule has 0 amide bonds. The first-order valence-electron chi connectivity index (χ1n) is 10.8. The Labute approximate surface area is 178 Å². The standard InChI is InChI=1S/C23H32FN5O/c1-3-25-23(27-16-18-8-9-22(30-4-2)21(24)15-18)28-19-10-13-29(14-11-19)17-20-7-5-6-12-26-20/h5-9,12,15,19H,3-4,10-11,13-14,16-17H2,1-2H3,(H2,25,27,28). The fourth-order valence-electron chi connectivity index (χ4n) is 3.56. The average Bonchev–Trinajstić information content (AvgIpc) is 2.76. The minimum Gasteiger partial charge on any atom is -0.491 e. The van der Waals surface area contributed by atoms with Crippen LogP contribution in [0.1, 0.15) is 37.9 Å². The van der Waals surface area contributed by atoms with Gasteiger partial charge in [0.25, 0.3) is 0 Å². The van der Waals surface area contributed by atoms with Crippen molar-refractivity contribution >= 4 is 5.96 Å². The van der Waals surface area contributed by atoms with E-state index >= 15 is 0 Å². The van der Waals surface area contributed by atoms with E-state index in [0.717, 1.165) is 56.2 Å². The Morgan fingerprint density at radius 1 is 1.23 bits per heavy atom. The average molecular weight is 414 g/mol. The topological polar surface area (TPSA) is 61.8 Å². The summed E-state index contributed by atoms with van der Waals surface area (Å²) in [4.78, 5) is 11.5. The Morgan fingerprint density at radius 3 is 2.73 bits per heavy atom. The Balaban J connectivity index is 1.51. The van der Waals surface area contributed by atoms with Crippen LogP contribution in [-0.4, -0.2) is 48.1 Å². The fraction of sp³-hybridized carbons (Fsp3) is 0.478. The van der Waals surface area contributed by atoms with Crippen molar-refractivity contribution in [2.45, 2.75) is 45.8 Å². The maximum absolute atomic E-state index is 14.1. The van der Waals surface area contributed by atoms with Gasteiger partial charge in [-0.15, -0.1) is 0 Å². The molecule has 0 bridgehead atoms. The third kappa shape index (κ3) is 6.69. The molecule has 0 spiro atoms. The summed E-state index contributed by atoms with van der Waals surface area (Å²) in [5, 5.41) is 6.83. The molecular weight excluding hydrogens is 381 g/mol. The molecule has 0 unspecified atom stereocenters. The van der Waals surface area contributed by atoms with Crippen LogP contribution in [0.2, 0.25) is 0 Å². The molecule has 30 heavy (non-hydrogen) atoms. The van der Waals surface area contributed by atoms with Gasteiger partial charge in [-0.2, -0.15) is 0 Å². The van der Waals surface area contributed by atoms with Crippen molar-refractivity contribution in [3.63, 3.8) is 0 Å². The van der Waals surface area contributed by atoms with Crippen LogP contribution in [0.3, 0.4) is 0 Å². The molecule has 0 saturated carbocycles. The number of guanidine groups is 1. The first kappa shape index (κ1) is 22.0. The molecule has 0 aliphatic carbocycles. The van der Waals surface area contributed by atoms with Crippen LogP contribution in [0.25, 0.3) is 0 Å². The largest absolute Gasteiger partial charge is 0.491 e. The fourth-order valence-corrected chi connectivity index (χ4v) is 3.56. The van der Waals surface area contributed by atoms with E-state index in [1.165, 1.54) is 6.07 Å². The van der Waals surface area contributed by atoms with Gasteiger partial charge in [0, 0.05) is 38.4 Å². The molecule has 1 aromatic heterocycles. The zero-order chi connectivity index (χ0) is 21.2. The maximum atomic E-state index is 14.1. The normalized spacial score (nSPS) is 15.8. The van der Waals surface area contributed by atoms with Crippen molar-refractivity contribution in [1.29, 1.82) is 0 Å². The van der Waals surface area contributed by atoms with Gasteiger partial charge in [-0.05, 0) is 56.5 Å². The highest BCUT2D eigenvalue weighted by Gasteiger charge is 2.20. The molecule has 7 heteroatoms. The van der Waals surface area contributed by atoms with Crippen LogP contribution in [0.15, 0.2) is 47.6 Å². The van der Waals surface area contributed by atoms with Crippen LogP contribution >= 0.6 is 0 Å². The number of benzene rings is 1. The van der Waals surface area contributed by atoms with Gasteiger partial charge in [0.05, 0.1) is 18.8 Å². The monoisotopic (exact) mass is 413 g/mol. The highest BCUT2D eigenvalue weighted by atomic mass is 19.1. The zero-order valence-corrected chi connectivity index (χ0v) is 17.9. The van der Waals surface area contributed by atoms with Crippen LogP contribution in [0.4, 0.5) is 4.39 Å². The van der Waals surface area contributed by atoms with Gasteiger partial charge in [-0.1, -0.05) is 12.1 Å². The lowest BCUT2D eigenvalue weighted by molar-refractivity contribution is 0.196. The molecule has 1 aliphatic rings. The molecule has 3 rings (SSSR count). The second-order valence-corrected chi connectivity index (χ2v) is 7.41. The predicted octanol–water partition coefficient (Wildman–Crippen LogP) is 3.34. The van der Waals surface area contributed by atoms with E-state index in [9.17, 15) is 4.39 Å². The number of rotatable bonds is 8. The van der Waals surface area contributed by atoms with Crippen molar-refractivity contribution in [2.75, 3.05) is 26.2 Å². The third-order valence-corrected chi connectivity index (χ3v) is 5.10. The molecule has 0 radical (unpaired) electrons. The number of ether oxygens (including phenoxy) is 1. The Morgan fingerprint density at radius 2 is 2.07 bits per heavy atom. The highest BCUT2D eigenvalue weighted by molar-refractivity contribution is 5.80. The predicted molar refractivity (Wildman–Crippen MR) is 118 cm³/mol. The number of hydrogen-bond donors (Lipinski definition) is 2. The molecule has 2 heterocycles. The summed E-state index contributed by atoms with van der Waals surface area (Å²) >= 11 is 0. The molecule has 1 fully saturated rings. The number of likely N-dealkylation sites (tertiary alicyclic amines) is 1. The summed E-state index contributed by atoms with van der Waals surface area (Å²) in [6.45, 7) is 8.47. The number of nitrogens with one attached hydrogen (secondary N) is 2. The highest BCUT2D eigenvalue weighted by Crippen LogP contribution is 2.19. The summed E-state index contributed by atoms with van der Waals surface area (Å²) < 4.78 is 19.3. The Bertz CT molecular complexity index is 806. The summed E-state index contributed by atoms with van der Waals surface area (Å²) in [7, 11) is 0. The lowest BCUT2D eigenvalue weighted by atomic mass is 10.0. The molecule has 1 saturated heterocycles. The number of nitrogens with zero attached hydrogens (tertiary/aromatic N) is 3. The van der Waals surface area contributed by atoms with Crippen LogP contribution in [0.5, 0.6) is 5.75 Å². The van der Waals surface area contributed by atoms with Crippen molar-refractivity contribution in [1.82, 2.24) is 20.5 Å². The Kier molecular flexibility index (Phi) is 8.44. The van der Waals surface area contributed by atoms with Crippen molar-refractivity contribution in [3.8, 4) is 5.75 Å². The van der Waals surface area contributed by atoms with E-state index in [-0.39, 0.29) is 11.6 Å². The second-order valence-electron chi connectivity index (χ2n) is 7.41. The molecular formula is C23H32FN5O. The molecule has 0 atom stereocenters. The van der Waals surface area contributed by atoms with Crippen molar-refractivity contribution < 1.29 is 9.13 Å². The van der Waals surface area contributed by atoms with E-state index < -0.39 is 0 Å². The maximum Gasteiger partial charge on any atom is 0.191 e. The van der Waals surface area contributed by atoms with Crippen LogP contribution < -0.4 is 15.4 Å². The van der Waals surface area contributed by atoms with Gasteiger partial charge in [0.15, 0.2) is 17.5 Å². The number of hydrogen-bond acceptors (Lipinski definition) is 4. The Hall–Kier alpha value is -2.67. The summed E-state index contributed by atoms with van der Waals surface area (Å²) in [6, 6.07) is 11.5. The first-order chi connectivity index (χ1) is 14.7. The van der Waals surface area contributed by atoms with E-state index in [4.69, 9.17) is 4.74 Å². The molecule has 6 nitrogen and oxygen atoms in total. The summed E-state index contributed by atoms with van der Waals surface area (Å²) in [5.41, 5.74) is 1.93. The molecule has 162 valence electrons. The van der Waals surface area contributed by atoms with E-state index in [1.54, 1.807) is 6.07 Å². The van der Waals surface area contributed by atoms with Crippen LogP contribution in [-0.2, 0) is 13.1 Å². The molecule has 1 aliphatic heterocycles. The van der Waals surface area contributed by atoms with Gasteiger partial charge in [0.2, 0.25) is 0 Å². The SMILES string of the molecule is CCNC(=NCc1ccc(OCC)c(F)c1)NC1CCN(Cc2ccccn2)CC1. The zero-order valence-electron chi connectivity index (χ0n) is 17.9. The quantitative estimate of drug-likeness (QED) is 0.513. The van der Waals surface area contributed by atoms with E-state index in [2.05, 4.69) is 31.6 Å². The molecule has 1 aromatic carbocycles. The summed E-state index contributed by atoms with van der Waals surface area (Å²) in [6.07, 6.45) is 3.95. The van der Waals surface area contributed by atoms with Crippen LogP contribution in [0, 0.1) is 5.82 Å². The third-order valence-electron chi connectivity index (χ3n) is 5.10. The number of aromatic nitrogens is 1. The second kappa shape index (κ2) is 11.5. The van der Waals surface area contributed by atoms with Gasteiger partial charge in [0.1, 0.15) is 0 Å². The lowest BCUT2D eigenvalue weighted by Gasteiger charge is -2.32. The van der Waals surface area contributed by atoms with E-state index in [1.807, 2.05) is 38.2 Å². The van der Waals surface area contributed by atoms with E-state index in [0.29, 0.717) is 19.2 Å². The minimum atomic E-state index is -0.345. The van der Waals surface area contributed by atoms with Gasteiger partial charge < -0.3 is 15.4 Å². The minimum absolute atomic E-state index is 0.285. The van der Waals surface area contributed by atoms with Gasteiger partial charge >= 0.3 is 0 Å². The molecule has 2 aromatic rings. The van der Waals surface area contributed by atoms with Gasteiger partial charge in [-0.3, -0.25) is 9.88 Å². The summed E-state index contributed by atoms with van der Waals surface area (Å²) in [5.74, 6) is 0.713. The smallest absolute Gasteiger partial charge is 0.191 e. The number of aliphatic imine (C=N–C) groups is 1. The van der Waals surface area contributed by atoms with Gasteiger partial charge in [-0.25, -0.2) is 9.38 Å². The number of piperidine rings is 1. The number of pyridine rings is 1.